The molecule has 3 N–H and O–H groups in total. The second-order valence-electron chi connectivity index (χ2n) is 4.29. The number of carboxylic acids is 1. The summed E-state index contributed by atoms with van der Waals surface area (Å²) in [6.07, 6.45) is 1.91. The van der Waals surface area contributed by atoms with Crippen LogP contribution in [-0.2, 0) is 6.54 Å². The van der Waals surface area contributed by atoms with E-state index < -0.39 is 5.97 Å². The van der Waals surface area contributed by atoms with Gasteiger partial charge >= 0.3 is 5.97 Å². The average Bonchev–Trinajstić information content (AvgIpc) is 2.80. The van der Waals surface area contributed by atoms with Crippen molar-refractivity contribution >= 4 is 11.7 Å². The fraction of sp³-hybridized carbons (Fsp3) is 0.308. The van der Waals surface area contributed by atoms with Gasteiger partial charge in [0.2, 0.25) is 0 Å². The maximum Gasteiger partial charge on any atom is 0.358 e. The van der Waals surface area contributed by atoms with E-state index >= 15 is 0 Å². The molecule has 0 aliphatic rings. The summed E-state index contributed by atoms with van der Waals surface area (Å²) in [5.74, 6) is -1.08. The van der Waals surface area contributed by atoms with Gasteiger partial charge in [0.05, 0.1) is 0 Å². The molecule has 100 valence electrons. The van der Waals surface area contributed by atoms with E-state index in [0.717, 1.165) is 18.4 Å². The number of carboxylic acid groups (broad SMARTS) is 1. The van der Waals surface area contributed by atoms with Crippen molar-refractivity contribution in [3.05, 3.63) is 30.0 Å². The van der Waals surface area contributed by atoms with Gasteiger partial charge in [-0.15, -0.1) is 5.10 Å². The molecule has 19 heavy (non-hydrogen) atoms. The zero-order valence-corrected chi connectivity index (χ0v) is 10.7. The number of rotatable bonds is 5. The van der Waals surface area contributed by atoms with Gasteiger partial charge in [0, 0.05) is 17.8 Å². The van der Waals surface area contributed by atoms with E-state index in [4.69, 9.17) is 5.73 Å². The van der Waals surface area contributed by atoms with Crippen LogP contribution >= 0.6 is 0 Å². The summed E-state index contributed by atoms with van der Waals surface area (Å²) in [5.41, 5.74) is 7.51. The van der Waals surface area contributed by atoms with Crippen LogP contribution in [0.3, 0.4) is 0 Å². The molecule has 0 atom stereocenters. The molecule has 0 aliphatic carbocycles. The third-order valence-electron chi connectivity index (χ3n) is 2.82. The Kier molecular flexibility index (Phi) is 3.79. The smallest absolute Gasteiger partial charge is 0.358 e. The monoisotopic (exact) mass is 260 g/mol. The summed E-state index contributed by atoms with van der Waals surface area (Å²) in [6, 6.07) is 7.08. The summed E-state index contributed by atoms with van der Waals surface area (Å²) in [5, 5.41) is 16.9. The van der Waals surface area contributed by atoms with Crippen molar-refractivity contribution in [3.63, 3.8) is 0 Å². The number of nitrogen functional groups attached to an aromatic ring is 1. The number of anilines is 1. The Hall–Kier alpha value is -2.37. The van der Waals surface area contributed by atoms with Gasteiger partial charge in [-0.1, -0.05) is 30.7 Å². The van der Waals surface area contributed by atoms with E-state index in [1.807, 2.05) is 6.07 Å². The standard InChI is InChI=1S/C13H16N4O2/c1-2-3-7-17-12(11(13(18)19)15-16-17)9-5-4-6-10(14)8-9/h4-6,8H,2-3,7,14H2,1H3,(H,18,19). The number of aryl methyl sites for hydroxylation is 1. The predicted octanol–water partition coefficient (Wildman–Crippen LogP) is 2.03. The zero-order valence-electron chi connectivity index (χ0n) is 10.7. The Morgan fingerprint density at radius 2 is 2.26 bits per heavy atom. The largest absolute Gasteiger partial charge is 0.476 e. The maximum atomic E-state index is 11.2. The maximum absolute atomic E-state index is 11.2. The summed E-state index contributed by atoms with van der Waals surface area (Å²) >= 11 is 0. The predicted molar refractivity (Wildman–Crippen MR) is 71.7 cm³/mol. The van der Waals surface area contributed by atoms with Crippen LogP contribution in [-0.4, -0.2) is 26.1 Å². The van der Waals surface area contributed by atoms with Gasteiger partial charge in [-0.05, 0) is 18.6 Å². The number of nitrogens with zero attached hydrogens (tertiary/aromatic N) is 3. The van der Waals surface area contributed by atoms with Gasteiger partial charge in [0.15, 0.2) is 5.69 Å². The fourth-order valence-electron chi connectivity index (χ4n) is 1.89. The molecule has 6 nitrogen and oxygen atoms in total. The number of aromatic carboxylic acids is 1. The molecule has 0 spiro atoms. The van der Waals surface area contributed by atoms with E-state index in [-0.39, 0.29) is 5.69 Å². The van der Waals surface area contributed by atoms with Crippen LogP contribution in [0.5, 0.6) is 0 Å². The van der Waals surface area contributed by atoms with Crippen molar-refractivity contribution in [2.45, 2.75) is 26.3 Å². The van der Waals surface area contributed by atoms with E-state index in [1.54, 1.807) is 22.9 Å². The Morgan fingerprint density at radius 3 is 2.89 bits per heavy atom. The molecule has 0 saturated heterocycles. The van der Waals surface area contributed by atoms with E-state index in [1.165, 1.54) is 0 Å². The third-order valence-corrected chi connectivity index (χ3v) is 2.82. The Labute approximate surface area is 110 Å². The quantitative estimate of drug-likeness (QED) is 0.802. The minimum absolute atomic E-state index is 0.0401. The van der Waals surface area contributed by atoms with E-state index in [9.17, 15) is 9.90 Å². The highest BCUT2D eigenvalue weighted by atomic mass is 16.4. The van der Waals surface area contributed by atoms with Crippen LogP contribution in [0.15, 0.2) is 24.3 Å². The second kappa shape index (κ2) is 5.51. The molecule has 0 aliphatic heterocycles. The lowest BCUT2D eigenvalue weighted by Gasteiger charge is -2.07. The first-order valence-corrected chi connectivity index (χ1v) is 6.16. The number of hydrogen-bond donors (Lipinski definition) is 2. The Balaban J connectivity index is 2.51. The van der Waals surface area contributed by atoms with Crippen molar-refractivity contribution in [1.82, 2.24) is 15.0 Å². The lowest BCUT2D eigenvalue weighted by atomic mass is 10.1. The van der Waals surface area contributed by atoms with Crippen molar-refractivity contribution in [1.29, 1.82) is 0 Å². The molecular formula is C13H16N4O2. The van der Waals surface area contributed by atoms with Crippen molar-refractivity contribution in [2.24, 2.45) is 0 Å². The van der Waals surface area contributed by atoms with Crippen LogP contribution in [0.1, 0.15) is 30.3 Å². The van der Waals surface area contributed by atoms with Crippen LogP contribution in [0, 0.1) is 0 Å². The lowest BCUT2D eigenvalue weighted by molar-refractivity contribution is 0.0691. The van der Waals surface area contributed by atoms with Gasteiger partial charge in [-0.3, -0.25) is 0 Å². The van der Waals surface area contributed by atoms with Crippen LogP contribution in [0.4, 0.5) is 5.69 Å². The SMILES string of the molecule is CCCCn1nnc(C(=O)O)c1-c1cccc(N)c1. The van der Waals surface area contributed by atoms with Gasteiger partial charge < -0.3 is 10.8 Å². The van der Waals surface area contributed by atoms with Crippen LogP contribution in [0.2, 0.25) is 0 Å². The number of carbonyl (C=O) groups is 1. The van der Waals surface area contributed by atoms with Crippen molar-refractivity contribution in [3.8, 4) is 11.3 Å². The molecule has 2 aromatic rings. The normalized spacial score (nSPS) is 10.6. The third kappa shape index (κ3) is 2.73. The number of benzene rings is 1. The Morgan fingerprint density at radius 1 is 1.47 bits per heavy atom. The molecule has 1 aromatic carbocycles. The van der Waals surface area contributed by atoms with Crippen molar-refractivity contribution < 1.29 is 9.90 Å². The highest BCUT2D eigenvalue weighted by molar-refractivity contribution is 5.92. The number of hydrogen-bond acceptors (Lipinski definition) is 4. The van der Waals surface area contributed by atoms with Crippen molar-refractivity contribution in [2.75, 3.05) is 5.73 Å². The highest BCUT2D eigenvalue weighted by Gasteiger charge is 2.20. The van der Waals surface area contributed by atoms with Gasteiger partial charge in [-0.25, -0.2) is 9.48 Å². The van der Waals surface area contributed by atoms with E-state index in [2.05, 4.69) is 17.2 Å². The average molecular weight is 260 g/mol. The molecule has 2 rings (SSSR count). The zero-order chi connectivity index (χ0) is 13.8. The molecule has 6 heteroatoms. The summed E-state index contributed by atoms with van der Waals surface area (Å²) in [7, 11) is 0. The van der Waals surface area contributed by atoms with Crippen LogP contribution < -0.4 is 5.73 Å². The molecule has 0 bridgehead atoms. The topological polar surface area (TPSA) is 94.0 Å². The minimum Gasteiger partial charge on any atom is -0.476 e. The molecule has 0 radical (unpaired) electrons. The van der Waals surface area contributed by atoms with Gasteiger partial charge in [0.25, 0.3) is 0 Å². The van der Waals surface area contributed by atoms with Gasteiger partial charge in [-0.2, -0.15) is 0 Å². The first kappa shape index (κ1) is 13.1. The molecule has 0 fully saturated rings. The molecule has 1 aromatic heterocycles. The van der Waals surface area contributed by atoms with E-state index in [0.29, 0.717) is 17.9 Å². The number of aromatic nitrogens is 3. The minimum atomic E-state index is -1.08. The molecule has 1 heterocycles. The first-order valence-electron chi connectivity index (χ1n) is 6.16. The number of unbranched alkanes of at least 4 members (excludes halogenated alkanes) is 1. The Bertz CT molecular complexity index is 592. The molecule has 0 unspecified atom stereocenters. The number of nitrogens with two attached hydrogens (primary N) is 1. The second-order valence-corrected chi connectivity index (χ2v) is 4.29. The first-order chi connectivity index (χ1) is 9.13. The summed E-state index contributed by atoms with van der Waals surface area (Å²) < 4.78 is 1.63. The lowest BCUT2D eigenvalue weighted by Crippen LogP contribution is -2.05. The summed E-state index contributed by atoms with van der Waals surface area (Å²) in [4.78, 5) is 11.2. The van der Waals surface area contributed by atoms with Crippen LogP contribution in [0.25, 0.3) is 11.3 Å². The molecular weight excluding hydrogens is 244 g/mol. The molecule has 0 saturated carbocycles. The summed E-state index contributed by atoms with van der Waals surface area (Å²) in [6.45, 7) is 2.70. The molecule has 0 amide bonds. The fourth-order valence-corrected chi connectivity index (χ4v) is 1.89. The van der Waals surface area contributed by atoms with Gasteiger partial charge in [0.1, 0.15) is 5.69 Å². The highest BCUT2D eigenvalue weighted by Crippen LogP contribution is 2.24.